The van der Waals surface area contributed by atoms with Gasteiger partial charge in [-0.1, -0.05) is 35.2 Å². The summed E-state index contributed by atoms with van der Waals surface area (Å²) in [4.78, 5) is 29.9. The number of thiazole rings is 1. The second-order valence-electron chi connectivity index (χ2n) is 5.90. The Morgan fingerprint density at radius 3 is 2.97 bits per heavy atom. The SMILES string of the molecule is COc1ccccc1C(=O)Nc1nnc(SCc2cc(=O)n3c(C)csc3n2)s1. The first-order valence-electron chi connectivity index (χ1n) is 8.42. The van der Waals surface area contributed by atoms with Gasteiger partial charge in [0.15, 0.2) is 9.30 Å². The van der Waals surface area contributed by atoms with Crippen molar-refractivity contribution in [2.24, 2.45) is 0 Å². The highest BCUT2D eigenvalue weighted by atomic mass is 32.2. The molecular formula is C18H15N5O3S3. The van der Waals surface area contributed by atoms with Crippen molar-refractivity contribution in [2.75, 3.05) is 12.4 Å². The van der Waals surface area contributed by atoms with Crippen LogP contribution in [0.4, 0.5) is 5.13 Å². The molecule has 0 bridgehead atoms. The second-order valence-corrected chi connectivity index (χ2v) is 8.93. The Morgan fingerprint density at radius 2 is 2.14 bits per heavy atom. The van der Waals surface area contributed by atoms with E-state index < -0.39 is 0 Å². The quantitative estimate of drug-likeness (QED) is 0.358. The first-order valence-corrected chi connectivity index (χ1v) is 11.1. The van der Waals surface area contributed by atoms with Crippen molar-refractivity contribution in [3.8, 4) is 5.75 Å². The van der Waals surface area contributed by atoms with Crippen molar-refractivity contribution >= 4 is 50.4 Å². The molecule has 0 spiro atoms. The van der Waals surface area contributed by atoms with Crippen molar-refractivity contribution in [1.82, 2.24) is 19.6 Å². The van der Waals surface area contributed by atoms with Gasteiger partial charge in [0.2, 0.25) is 5.13 Å². The van der Waals surface area contributed by atoms with Gasteiger partial charge in [0.05, 0.1) is 18.4 Å². The van der Waals surface area contributed by atoms with E-state index in [4.69, 9.17) is 4.74 Å². The molecule has 0 saturated heterocycles. The van der Waals surface area contributed by atoms with E-state index in [1.54, 1.807) is 28.7 Å². The zero-order chi connectivity index (χ0) is 20.4. The lowest BCUT2D eigenvalue weighted by Gasteiger charge is -2.06. The van der Waals surface area contributed by atoms with Crippen LogP contribution in [0.25, 0.3) is 4.96 Å². The topological polar surface area (TPSA) is 98.5 Å². The number of thioether (sulfide) groups is 1. The number of aryl methyl sites for hydroxylation is 1. The lowest BCUT2D eigenvalue weighted by Crippen LogP contribution is -2.14. The van der Waals surface area contributed by atoms with E-state index in [-0.39, 0.29) is 11.5 Å². The fourth-order valence-corrected chi connectivity index (χ4v) is 5.16. The fourth-order valence-electron chi connectivity index (χ4n) is 2.63. The maximum absolute atomic E-state index is 12.4. The van der Waals surface area contributed by atoms with Gasteiger partial charge in [-0.15, -0.1) is 21.5 Å². The average Bonchev–Trinajstić information content (AvgIpc) is 3.33. The number of aromatic nitrogens is 4. The number of rotatable bonds is 6. The van der Waals surface area contributed by atoms with Crippen LogP contribution in [0.3, 0.4) is 0 Å². The van der Waals surface area contributed by atoms with Gasteiger partial charge in [0, 0.05) is 22.9 Å². The summed E-state index contributed by atoms with van der Waals surface area (Å²) in [7, 11) is 1.51. The van der Waals surface area contributed by atoms with E-state index in [1.165, 1.54) is 47.6 Å². The minimum Gasteiger partial charge on any atom is -0.496 e. The average molecular weight is 446 g/mol. The third kappa shape index (κ3) is 4.16. The molecule has 29 heavy (non-hydrogen) atoms. The van der Waals surface area contributed by atoms with Crippen LogP contribution in [0.1, 0.15) is 21.7 Å². The predicted molar refractivity (Wildman–Crippen MR) is 114 cm³/mol. The molecule has 3 heterocycles. The molecule has 3 aromatic heterocycles. The monoisotopic (exact) mass is 445 g/mol. The van der Waals surface area contributed by atoms with Crippen molar-refractivity contribution in [3.05, 3.63) is 63.0 Å². The Balaban J connectivity index is 1.43. The molecule has 11 heteroatoms. The molecule has 8 nitrogen and oxygen atoms in total. The lowest BCUT2D eigenvalue weighted by atomic mass is 10.2. The first-order chi connectivity index (χ1) is 14.0. The molecule has 0 radical (unpaired) electrons. The molecular weight excluding hydrogens is 430 g/mol. The highest BCUT2D eigenvalue weighted by Gasteiger charge is 2.15. The summed E-state index contributed by atoms with van der Waals surface area (Å²) in [6.07, 6.45) is 0. The van der Waals surface area contributed by atoms with E-state index in [2.05, 4.69) is 20.5 Å². The number of nitrogens with one attached hydrogen (secondary N) is 1. The van der Waals surface area contributed by atoms with Crippen LogP contribution < -0.4 is 15.6 Å². The summed E-state index contributed by atoms with van der Waals surface area (Å²) in [5.74, 6) is 0.654. The molecule has 0 fully saturated rings. The normalized spacial score (nSPS) is 11.0. The standard InChI is InChI=1S/C18H15N5O3S3/c1-10-8-27-17-19-11(7-14(24)23(10)17)9-28-18-22-21-16(29-18)20-15(25)12-5-3-4-6-13(12)26-2/h3-8H,9H2,1-2H3,(H,20,21,25). The summed E-state index contributed by atoms with van der Waals surface area (Å²) in [5, 5.41) is 13.1. The van der Waals surface area contributed by atoms with Crippen LogP contribution in [0.15, 0.2) is 44.8 Å². The number of carbonyl (C=O) groups excluding carboxylic acids is 1. The smallest absolute Gasteiger partial charge is 0.261 e. The number of nitrogens with zero attached hydrogens (tertiary/aromatic N) is 4. The highest BCUT2D eigenvalue weighted by Crippen LogP contribution is 2.29. The van der Waals surface area contributed by atoms with Crippen LogP contribution in [-0.4, -0.2) is 32.6 Å². The number of carbonyl (C=O) groups is 1. The number of para-hydroxylation sites is 1. The van der Waals surface area contributed by atoms with Crippen LogP contribution >= 0.6 is 34.4 Å². The number of hydrogen-bond donors (Lipinski definition) is 1. The predicted octanol–water partition coefficient (Wildman–Crippen LogP) is 3.47. The van der Waals surface area contributed by atoms with E-state index >= 15 is 0 Å². The van der Waals surface area contributed by atoms with E-state index in [1.807, 2.05) is 12.3 Å². The number of benzene rings is 1. The van der Waals surface area contributed by atoms with E-state index in [0.717, 1.165) is 5.69 Å². The fraction of sp³-hybridized carbons (Fsp3) is 0.167. The molecule has 1 amide bonds. The largest absolute Gasteiger partial charge is 0.496 e. The van der Waals surface area contributed by atoms with Gasteiger partial charge in [0.25, 0.3) is 11.5 Å². The van der Waals surface area contributed by atoms with Crippen LogP contribution in [0.5, 0.6) is 5.75 Å². The highest BCUT2D eigenvalue weighted by molar-refractivity contribution is 8.00. The molecule has 0 aliphatic carbocycles. The molecule has 0 unspecified atom stereocenters. The second kappa shape index (κ2) is 8.31. The van der Waals surface area contributed by atoms with Crippen molar-refractivity contribution < 1.29 is 9.53 Å². The Bertz CT molecular complexity index is 1250. The Kier molecular flexibility index (Phi) is 5.60. The van der Waals surface area contributed by atoms with Crippen molar-refractivity contribution in [3.63, 3.8) is 0 Å². The lowest BCUT2D eigenvalue weighted by molar-refractivity contribution is 0.102. The van der Waals surface area contributed by atoms with Crippen LogP contribution in [0.2, 0.25) is 0 Å². The summed E-state index contributed by atoms with van der Waals surface area (Å²) in [6, 6.07) is 8.49. The summed E-state index contributed by atoms with van der Waals surface area (Å²) < 4.78 is 7.47. The van der Waals surface area contributed by atoms with Gasteiger partial charge in [-0.2, -0.15) is 0 Å². The Hall–Kier alpha value is -2.76. The number of ether oxygens (including phenoxy) is 1. The molecule has 4 rings (SSSR count). The number of anilines is 1. The van der Waals surface area contributed by atoms with Gasteiger partial charge < -0.3 is 4.74 Å². The maximum Gasteiger partial charge on any atom is 0.261 e. The molecule has 0 aliphatic heterocycles. The van der Waals surface area contributed by atoms with Crippen LogP contribution in [0, 0.1) is 6.92 Å². The number of methoxy groups -OCH3 is 1. The van der Waals surface area contributed by atoms with E-state index in [9.17, 15) is 9.59 Å². The van der Waals surface area contributed by atoms with Crippen molar-refractivity contribution in [1.29, 1.82) is 0 Å². The Labute approximate surface area is 177 Å². The minimum atomic E-state index is -0.316. The summed E-state index contributed by atoms with van der Waals surface area (Å²) in [5.41, 5.74) is 1.88. The third-order valence-corrected chi connectivity index (χ3v) is 6.90. The van der Waals surface area contributed by atoms with Crippen LogP contribution in [-0.2, 0) is 5.75 Å². The van der Waals surface area contributed by atoms with E-state index in [0.29, 0.717) is 37.2 Å². The number of hydrogen-bond acceptors (Lipinski definition) is 9. The maximum atomic E-state index is 12.4. The van der Waals surface area contributed by atoms with Gasteiger partial charge >= 0.3 is 0 Å². The van der Waals surface area contributed by atoms with Gasteiger partial charge in [-0.05, 0) is 19.1 Å². The molecule has 0 saturated carbocycles. The summed E-state index contributed by atoms with van der Waals surface area (Å²) in [6.45, 7) is 1.88. The minimum absolute atomic E-state index is 0.0913. The molecule has 1 N–H and O–H groups in total. The first kappa shape index (κ1) is 19.6. The van der Waals surface area contributed by atoms with Gasteiger partial charge in [0.1, 0.15) is 5.75 Å². The molecule has 0 atom stereocenters. The van der Waals surface area contributed by atoms with Gasteiger partial charge in [-0.3, -0.25) is 19.3 Å². The van der Waals surface area contributed by atoms with Gasteiger partial charge in [-0.25, -0.2) is 4.98 Å². The molecule has 148 valence electrons. The third-order valence-electron chi connectivity index (χ3n) is 3.95. The molecule has 1 aromatic carbocycles. The number of fused-ring (bicyclic) bond motifs is 1. The Morgan fingerprint density at radius 1 is 1.31 bits per heavy atom. The number of amides is 1. The zero-order valence-corrected chi connectivity index (χ0v) is 17.9. The molecule has 0 aliphatic rings. The summed E-state index contributed by atoms with van der Waals surface area (Å²) >= 11 is 4.11. The molecule has 4 aromatic rings. The zero-order valence-electron chi connectivity index (χ0n) is 15.4. The van der Waals surface area contributed by atoms with Crippen molar-refractivity contribution in [2.45, 2.75) is 17.0 Å².